The third kappa shape index (κ3) is 4.34. The fraction of sp³-hybridized carbons (Fsp3) is 0.556. The van der Waals surface area contributed by atoms with E-state index >= 15 is 0 Å². The lowest BCUT2D eigenvalue weighted by atomic mass is 10.1. The molecule has 2 saturated heterocycles. The number of hydrogen-bond acceptors (Lipinski definition) is 3. The molecule has 0 unspecified atom stereocenters. The van der Waals surface area contributed by atoms with E-state index in [1.807, 2.05) is 9.80 Å². The minimum Gasteiger partial charge on any atom is -0.342 e. The Kier molecular flexibility index (Phi) is 5.63. The molecule has 0 radical (unpaired) electrons. The summed E-state index contributed by atoms with van der Waals surface area (Å²) < 4.78 is 27.3. The van der Waals surface area contributed by atoms with Crippen LogP contribution in [0, 0.1) is 11.6 Å². The van der Waals surface area contributed by atoms with Crippen molar-refractivity contribution in [1.82, 2.24) is 14.7 Å². The van der Waals surface area contributed by atoms with Gasteiger partial charge in [-0.15, -0.1) is 0 Å². The molecule has 1 aromatic carbocycles. The zero-order chi connectivity index (χ0) is 17.8. The first-order valence-electron chi connectivity index (χ1n) is 8.75. The molecule has 2 amide bonds. The van der Waals surface area contributed by atoms with Crippen LogP contribution in [0.25, 0.3) is 0 Å². The molecular formula is C18H23F2N3O2. The van der Waals surface area contributed by atoms with Crippen LogP contribution in [0.15, 0.2) is 18.2 Å². The highest BCUT2D eigenvalue weighted by atomic mass is 19.1. The van der Waals surface area contributed by atoms with Gasteiger partial charge in [0.2, 0.25) is 11.8 Å². The SMILES string of the molecule is O=C(Cc1c(F)cccc1F)N1CCN(CC(=O)N2CCCC2)CC1. The number of nitrogens with zero attached hydrogens (tertiary/aromatic N) is 3. The number of likely N-dealkylation sites (tertiary alicyclic amines) is 1. The quantitative estimate of drug-likeness (QED) is 0.821. The van der Waals surface area contributed by atoms with Gasteiger partial charge in [0.25, 0.3) is 0 Å². The van der Waals surface area contributed by atoms with Gasteiger partial charge in [0.05, 0.1) is 13.0 Å². The van der Waals surface area contributed by atoms with Crippen LogP contribution in [0.4, 0.5) is 8.78 Å². The molecule has 0 atom stereocenters. The predicted molar refractivity (Wildman–Crippen MR) is 88.9 cm³/mol. The number of hydrogen-bond donors (Lipinski definition) is 0. The maximum atomic E-state index is 13.7. The minimum absolute atomic E-state index is 0.144. The zero-order valence-electron chi connectivity index (χ0n) is 14.2. The van der Waals surface area contributed by atoms with E-state index in [0.29, 0.717) is 32.7 Å². The molecule has 0 saturated carbocycles. The van der Waals surface area contributed by atoms with Gasteiger partial charge < -0.3 is 9.80 Å². The van der Waals surface area contributed by atoms with Crippen molar-refractivity contribution in [2.45, 2.75) is 19.3 Å². The molecule has 2 heterocycles. The topological polar surface area (TPSA) is 43.9 Å². The number of benzene rings is 1. The highest BCUT2D eigenvalue weighted by Crippen LogP contribution is 2.15. The number of amides is 2. The first-order chi connectivity index (χ1) is 12.0. The second-order valence-electron chi connectivity index (χ2n) is 6.62. The summed E-state index contributed by atoms with van der Waals surface area (Å²) in [7, 11) is 0. The van der Waals surface area contributed by atoms with Gasteiger partial charge in [-0.05, 0) is 25.0 Å². The van der Waals surface area contributed by atoms with Crippen LogP contribution < -0.4 is 0 Å². The second kappa shape index (κ2) is 7.91. The average molecular weight is 351 g/mol. The molecule has 136 valence electrons. The fourth-order valence-electron chi connectivity index (χ4n) is 3.38. The lowest BCUT2D eigenvalue weighted by molar-refractivity contribution is -0.134. The standard InChI is InChI=1S/C18H23F2N3O2/c19-15-4-3-5-16(20)14(15)12-17(24)23-10-8-21(9-11-23)13-18(25)22-6-1-2-7-22/h3-5H,1-2,6-13H2. The lowest BCUT2D eigenvalue weighted by Crippen LogP contribution is -2.51. The Morgan fingerprint density at radius 3 is 2.00 bits per heavy atom. The Hall–Kier alpha value is -2.02. The van der Waals surface area contributed by atoms with Crippen molar-refractivity contribution < 1.29 is 18.4 Å². The molecule has 0 aromatic heterocycles. The molecule has 0 aliphatic carbocycles. The van der Waals surface area contributed by atoms with Crippen LogP contribution in [0.2, 0.25) is 0 Å². The van der Waals surface area contributed by atoms with Crippen molar-refractivity contribution in [1.29, 1.82) is 0 Å². The normalized spacial score (nSPS) is 18.6. The van der Waals surface area contributed by atoms with Crippen LogP contribution in [0.5, 0.6) is 0 Å². The fourth-order valence-corrected chi connectivity index (χ4v) is 3.38. The Morgan fingerprint density at radius 2 is 1.40 bits per heavy atom. The third-order valence-corrected chi connectivity index (χ3v) is 4.93. The van der Waals surface area contributed by atoms with Crippen LogP contribution in [0.3, 0.4) is 0 Å². The van der Waals surface area contributed by atoms with E-state index in [1.54, 1.807) is 4.90 Å². The number of rotatable bonds is 4. The molecule has 5 nitrogen and oxygen atoms in total. The molecule has 1 aromatic rings. The summed E-state index contributed by atoms with van der Waals surface area (Å²) in [5.74, 6) is -1.52. The van der Waals surface area contributed by atoms with E-state index in [1.165, 1.54) is 6.07 Å². The van der Waals surface area contributed by atoms with Crippen LogP contribution >= 0.6 is 0 Å². The summed E-state index contributed by atoms with van der Waals surface area (Å²) in [6, 6.07) is 3.61. The third-order valence-electron chi connectivity index (χ3n) is 4.93. The maximum absolute atomic E-state index is 13.7. The molecule has 0 N–H and O–H groups in total. The first-order valence-corrected chi connectivity index (χ1v) is 8.75. The van der Waals surface area contributed by atoms with E-state index in [2.05, 4.69) is 0 Å². The summed E-state index contributed by atoms with van der Waals surface area (Å²) in [4.78, 5) is 30.0. The van der Waals surface area contributed by atoms with Crippen molar-refractivity contribution in [2.24, 2.45) is 0 Å². The molecule has 7 heteroatoms. The van der Waals surface area contributed by atoms with E-state index in [-0.39, 0.29) is 23.8 Å². The summed E-state index contributed by atoms with van der Waals surface area (Å²) in [5, 5.41) is 0. The smallest absolute Gasteiger partial charge is 0.236 e. The summed E-state index contributed by atoms with van der Waals surface area (Å²) in [6.07, 6.45) is 1.87. The number of halogens is 2. The molecule has 2 fully saturated rings. The summed E-state index contributed by atoms with van der Waals surface area (Å²) >= 11 is 0. The number of carbonyl (C=O) groups excluding carboxylic acids is 2. The highest BCUT2D eigenvalue weighted by molar-refractivity contribution is 5.79. The van der Waals surface area contributed by atoms with Gasteiger partial charge in [-0.1, -0.05) is 6.07 Å². The van der Waals surface area contributed by atoms with E-state index in [9.17, 15) is 18.4 Å². The molecule has 25 heavy (non-hydrogen) atoms. The number of piperazine rings is 1. The van der Waals surface area contributed by atoms with Crippen molar-refractivity contribution >= 4 is 11.8 Å². The van der Waals surface area contributed by atoms with Gasteiger partial charge in [0, 0.05) is 44.8 Å². The molecule has 0 spiro atoms. The molecule has 2 aliphatic heterocycles. The Bertz CT molecular complexity index is 619. The Balaban J connectivity index is 1.48. The zero-order valence-corrected chi connectivity index (χ0v) is 14.2. The van der Waals surface area contributed by atoms with E-state index < -0.39 is 11.6 Å². The summed E-state index contributed by atoms with van der Waals surface area (Å²) in [5.41, 5.74) is -0.181. The molecule has 0 bridgehead atoms. The lowest BCUT2D eigenvalue weighted by Gasteiger charge is -2.35. The van der Waals surface area contributed by atoms with Crippen molar-refractivity contribution in [3.05, 3.63) is 35.4 Å². The molecular weight excluding hydrogens is 328 g/mol. The largest absolute Gasteiger partial charge is 0.342 e. The van der Waals surface area contributed by atoms with Gasteiger partial charge in [-0.25, -0.2) is 8.78 Å². The molecule has 3 rings (SSSR count). The monoisotopic (exact) mass is 351 g/mol. The van der Waals surface area contributed by atoms with Crippen molar-refractivity contribution in [3.63, 3.8) is 0 Å². The van der Waals surface area contributed by atoms with Crippen LogP contribution in [-0.2, 0) is 16.0 Å². The minimum atomic E-state index is -0.691. The maximum Gasteiger partial charge on any atom is 0.236 e. The van der Waals surface area contributed by atoms with Crippen molar-refractivity contribution in [3.8, 4) is 0 Å². The van der Waals surface area contributed by atoms with Crippen LogP contribution in [-0.4, -0.2) is 72.3 Å². The Morgan fingerprint density at radius 1 is 0.840 bits per heavy atom. The van der Waals surface area contributed by atoms with Gasteiger partial charge in [0.15, 0.2) is 0 Å². The van der Waals surface area contributed by atoms with Gasteiger partial charge in [-0.2, -0.15) is 0 Å². The summed E-state index contributed by atoms with van der Waals surface area (Å²) in [6.45, 7) is 4.21. The Labute approximate surface area is 146 Å². The predicted octanol–water partition coefficient (Wildman–Crippen LogP) is 1.27. The highest BCUT2D eigenvalue weighted by Gasteiger charge is 2.26. The van der Waals surface area contributed by atoms with E-state index in [0.717, 1.165) is 38.1 Å². The molecule has 2 aliphatic rings. The van der Waals surface area contributed by atoms with Gasteiger partial charge in [0.1, 0.15) is 11.6 Å². The average Bonchev–Trinajstić information content (AvgIpc) is 3.13. The van der Waals surface area contributed by atoms with Crippen LogP contribution in [0.1, 0.15) is 18.4 Å². The van der Waals surface area contributed by atoms with Gasteiger partial charge >= 0.3 is 0 Å². The van der Waals surface area contributed by atoms with Crippen molar-refractivity contribution in [2.75, 3.05) is 45.8 Å². The number of carbonyl (C=O) groups is 2. The second-order valence-corrected chi connectivity index (χ2v) is 6.62. The van der Waals surface area contributed by atoms with E-state index in [4.69, 9.17) is 0 Å². The first kappa shape index (κ1) is 17.8. The van der Waals surface area contributed by atoms with Gasteiger partial charge in [-0.3, -0.25) is 14.5 Å².